The summed E-state index contributed by atoms with van der Waals surface area (Å²) in [6, 6.07) is 0. The van der Waals surface area contributed by atoms with Gasteiger partial charge in [-0.3, -0.25) is 4.79 Å². The molecule has 0 rings (SSSR count). The van der Waals surface area contributed by atoms with E-state index in [0.717, 1.165) is 11.8 Å². The van der Waals surface area contributed by atoms with Crippen molar-refractivity contribution in [1.29, 1.82) is 0 Å². The van der Waals surface area contributed by atoms with E-state index in [0.29, 0.717) is 6.08 Å². The lowest BCUT2D eigenvalue weighted by Crippen LogP contribution is -2.44. The van der Waals surface area contributed by atoms with Crippen molar-refractivity contribution >= 4 is 11.9 Å². The van der Waals surface area contributed by atoms with Gasteiger partial charge in [0.25, 0.3) is 5.91 Å². The van der Waals surface area contributed by atoms with Crippen LogP contribution in [0, 0.1) is 0 Å². The molecule has 0 spiro atoms. The van der Waals surface area contributed by atoms with E-state index >= 15 is 0 Å². The molecule has 4 nitrogen and oxygen atoms in total. The van der Waals surface area contributed by atoms with Gasteiger partial charge in [0.1, 0.15) is 0 Å². The zero-order chi connectivity index (χ0) is 14.3. The van der Waals surface area contributed by atoms with E-state index in [1.54, 1.807) is 20.8 Å². The number of ether oxygens (including phenoxy) is 1. The highest BCUT2D eigenvalue weighted by Crippen LogP contribution is 2.26. The maximum Gasteiger partial charge on any atom is 0.346 e. The second-order valence-electron chi connectivity index (χ2n) is 3.63. The van der Waals surface area contributed by atoms with Crippen molar-refractivity contribution in [2.75, 3.05) is 19.7 Å². The van der Waals surface area contributed by atoms with Gasteiger partial charge in [-0.1, -0.05) is 0 Å². The van der Waals surface area contributed by atoms with Crippen LogP contribution in [0.3, 0.4) is 0 Å². The smallest absolute Gasteiger partial charge is 0.346 e. The molecule has 6 heteroatoms. The van der Waals surface area contributed by atoms with E-state index in [4.69, 9.17) is 0 Å². The Morgan fingerprint density at radius 1 is 1.22 bits per heavy atom. The van der Waals surface area contributed by atoms with Crippen LogP contribution in [0.5, 0.6) is 0 Å². The van der Waals surface area contributed by atoms with Gasteiger partial charge in [-0.05, 0) is 27.7 Å². The Hall–Kier alpha value is -1.46. The van der Waals surface area contributed by atoms with E-state index < -0.39 is 23.4 Å². The van der Waals surface area contributed by atoms with E-state index in [-0.39, 0.29) is 19.7 Å². The third-order valence-corrected chi connectivity index (χ3v) is 2.44. The topological polar surface area (TPSA) is 46.6 Å². The van der Waals surface area contributed by atoms with Gasteiger partial charge in [-0.25, -0.2) is 4.79 Å². The number of hydrogen-bond donors (Lipinski definition) is 0. The summed E-state index contributed by atoms with van der Waals surface area (Å²) in [6.45, 7) is 6.32. The first-order chi connectivity index (χ1) is 8.31. The number of amides is 1. The molecule has 0 bridgehead atoms. The van der Waals surface area contributed by atoms with Crippen LogP contribution in [0.1, 0.15) is 27.7 Å². The van der Waals surface area contributed by atoms with Crippen molar-refractivity contribution in [1.82, 2.24) is 4.90 Å². The van der Waals surface area contributed by atoms with Crippen LogP contribution in [-0.2, 0) is 14.3 Å². The molecule has 0 aromatic carbocycles. The highest BCUT2D eigenvalue weighted by atomic mass is 19.3. The van der Waals surface area contributed by atoms with Crippen molar-refractivity contribution in [2.24, 2.45) is 0 Å². The predicted octanol–water partition coefficient (Wildman–Crippen LogP) is 2.00. The fourth-order valence-electron chi connectivity index (χ4n) is 1.33. The maximum atomic E-state index is 13.8. The molecule has 0 aliphatic rings. The molecule has 0 aromatic heterocycles. The molecule has 0 saturated carbocycles. The van der Waals surface area contributed by atoms with Gasteiger partial charge in [0, 0.05) is 24.7 Å². The highest BCUT2D eigenvalue weighted by Gasteiger charge is 2.43. The van der Waals surface area contributed by atoms with Crippen LogP contribution in [0.15, 0.2) is 11.6 Å². The number of carbonyl (C=O) groups excluding carboxylic acids is 2. The maximum absolute atomic E-state index is 13.8. The van der Waals surface area contributed by atoms with E-state index in [9.17, 15) is 18.4 Å². The first-order valence-electron chi connectivity index (χ1n) is 5.83. The predicted molar refractivity (Wildman–Crippen MR) is 63.3 cm³/mol. The SMILES string of the molecule is CCOC(=O)/C=C(/C)C(F)(F)C(=O)N(CC)CC. The average molecular weight is 263 g/mol. The highest BCUT2D eigenvalue weighted by molar-refractivity contribution is 5.90. The molecular formula is C12H19F2NO3. The molecule has 0 aliphatic heterocycles. The quantitative estimate of drug-likeness (QED) is 0.544. The molecule has 0 N–H and O–H groups in total. The lowest BCUT2D eigenvalue weighted by molar-refractivity contribution is -0.152. The summed E-state index contributed by atoms with van der Waals surface area (Å²) >= 11 is 0. The lowest BCUT2D eigenvalue weighted by atomic mass is 10.1. The Bertz CT molecular complexity index is 336. The summed E-state index contributed by atoms with van der Waals surface area (Å²) in [5, 5.41) is 0. The van der Waals surface area contributed by atoms with Gasteiger partial charge in [-0.15, -0.1) is 0 Å². The number of halogens is 2. The molecule has 1 amide bonds. The van der Waals surface area contributed by atoms with Crippen LogP contribution in [0.25, 0.3) is 0 Å². The normalized spacial score (nSPS) is 12.2. The number of hydrogen-bond acceptors (Lipinski definition) is 3. The lowest BCUT2D eigenvalue weighted by Gasteiger charge is -2.25. The van der Waals surface area contributed by atoms with Crippen LogP contribution in [-0.4, -0.2) is 42.4 Å². The van der Waals surface area contributed by atoms with Gasteiger partial charge < -0.3 is 9.64 Å². The Labute approximate surface area is 106 Å². The fourth-order valence-corrected chi connectivity index (χ4v) is 1.33. The third-order valence-electron chi connectivity index (χ3n) is 2.44. The van der Waals surface area contributed by atoms with Crippen LogP contribution < -0.4 is 0 Å². The zero-order valence-electron chi connectivity index (χ0n) is 11.1. The van der Waals surface area contributed by atoms with Gasteiger partial charge >= 0.3 is 11.9 Å². The molecular weight excluding hydrogens is 244 g/mol. The van der Waals surface area contributed by atoms with Gasteiger partial charge in [-0.2, -0.15) is 8.78 Å². The standard InChI is InChI=1S/C12H19F2NO3/c1-5-15(6-2)11(17)12(13,14)9(4)8-10(16)18-7-3/h8H,5-7H2,1-4H3/b9-8-. The largest absolute Gasteiger partial charge is 0.463 e. The Balaban J connectivity index is 5.01. The number of carbonyl (C=O) groups is 2. The number of nitrogens with zero attached hydrogens (tertiary/aromatic N) is 1. The molecule has 0 heterocycles. The monoisotopic (exact) mass is 263 g/mol. The minimum Gasteiger partial charge on any atom is -0.463 e. The second-order valence-corrected chi connectivity index (χ2v) is 3.63. The minimum absolute atomic E-state index is 0.0954. The van der Waals surface area contributed by atoms with Crippen molar-refractivity contribution in [2.45, 2.75) is 33.6 Å². The first kappa shape index (κ1) is 16.5. The summed E-state index contributed by atoms with van der Waals surface area (Å²) in [5.74, 6) is -5.86. The minimum atomic E-state index is -3.68. The van der Waals surface area contributed by atoms with E-state index in [1.165, 1.54) is 0 Å². The van der Waals surface area contributed by atoms with E-state index in [1.807, 2.05) is 0 Å². The zero-order valence-corrected chi connectivity index (χ0v) is 11.1. The van der Waals surface area contributed by atoms with Crippen molar-refractivity contribution in [3.8, 4) is 0 Å². The molecule has 0 atom stereocenters. The molecule has 0 radical (unpaired) electrons. The molecule has 0 saturated heterocycles. The van der Waals surface area contributed by atoms with Crippen LogP contribution in [0.2, 0.25) is 0 Å². The van der Waals surface area contributed by atoms with Crippen LogP contribution in [0.4, 0.5) is 8.78 Å². The average Bonchev–Trinajstić information content (AvgIpc) is 2.30. The Morgan fingerprint density at radius 3 is 2.11 bits per heavy atom. The van der Waals surface area contributed by atoms with Crippen molar-refractivity contribution in [3.05, 3.63) is 11.6 Å². The second kappa shape index (κ2) is 7.08. The Kier molecular flexibility index (Phi) is 6.51. The molecule has 104 valence electrons. The van der Waals surface area contributed by atoms with Gasteiger partial charge in [0.05, 0.1) is 6.61 Å². The number of esters is 1. The summed E-state index contributed by atoms with van der Waals surface area (Å²) in [7, 11) is 0. The summed E-state index contributed by atoms with van der Waals surface area (Å²) in [5.41, 5.74) is -0.613. The summed E-state index contributed by atoms with van der Waals surface area (Å²) in [4.78, 5) is 23.7. The molecule has 0 unspecified atom stereocenters. The first-order valence-corrected chi connectivity index (χ1v) is 5.83. The molecule has 0 fully saturated rings. The summed E-state index contributed by atoms with van der Waals surface area (Å²) < 4.78 is 32.1. The van der Waals surface area contributed by atoms with Gasteiger partial charge in [0.2, 0.25) is 0 Å². The fraction of sp³-hybridized carbons (Fsp3) is 0.667. The molecule has 0 aromatic rings. The third kappa shape index (κ3) is 4.09. The number of alkyl halides is 2. The number of rotatable bonds is 6. The molecule has 0 aliphatic carbocycles. The Morgan fingerprint density at radius 2 is 1.72 bits per heavy atom. The van der Waals surface area contributed by atoms with E-state index in [2.05, 4.69) is 4.74 Å². The summed E-state index contributed by atoms with van der Waals surface area (Å²) in [6.07, 6.45) is 0.658. The van der Waals surface area contributed by atoms with Gasteiger partial charge in [0.15, 0.2) is 0 Å². The van der Waals surface area contributed by atoms with Crippen molar-refractivity contribution < 1.29 is 23.1 Å². The van der Waals surface area contributed by atoms with Crippen LogP contribution >= 0.6 is 0 Å². The van der Waals surface area contributed by atoms with Crippen molar-refractivity contribution in [3.63, 3.8) is 0 Å². The molecule has 18 heavy (non-hydrogen) atoms.